The first-order valence-corrected chi connectivity index (χ1v) is 8.79. The van der Waals surface area contributed by atoms with Crippen molar-refractivity contribution in [2.45, 2.75) is 0 Å². The minimum Gasteiger partial charge on any atom is -0.506 e. The number of phenols is 1. The average Bonchev–Trinajstić information content (AvgIpc) is 2.70. The second-order valence-corrected chi connectivity index (χ2v) is 6.39. The number of halogens is 1. The van der Waals surface area contributed by atoms with Gasteiger partial charge in [-0.3, -0.25) is 4.79 Å². The van der Waals surface area contributed by atoms with Crippen LogP contribution >= 0.6 is 11.6 Å². The molecule has 0 unspecified atom stereocenters. The van der Waals surface area contributed by atoms with Crippen molar-refractivity contribution in [3.05, 3.63) is 58.6 Å². The molecule has 0 aromatic heterocycles. The second kappa shape index (κ2) is 8.58. The molecule has 7 heteroatoms. The Kier molecular flexibility index (Phi) is 5.97. The van der Waals surface area contributed by atoms with Crippen molar-refractivity contribution in [3.8, 4) is 11.8 Å². The van der Waals surface area contributed by atoms with E-state index in [9.17, 15) is 15.2 Å². The molecule has 3 rings (SSSR count). The number of hydrogen-bond donors (Lipinski definition) is 2. The van der Waals surface area contributed by atoms with Gasteiger partial charge in [0.1, 0.15) is 17.4 Å². The van der Waals surface area contributed by atoms with E-state index in [4.69, 9.17) is 16.3 Å². The predicted octanol–water partition coefficient (Wildman–Crippen LogP) is 3.43. The van der Waals surface area contributed by atoms with E-state index < -0.39 is 5.91 Å². The van der Waals surface area contributed by atoms with Gasteiger partial charge >= 0.3 is 0 Å². The maximum Gasteiger partial charge on any atom is 0.266 e. The van der Waals surface area contributed by atoms with Crippen molar-refractivity contribution in [2.24, 2.45) is 0 Å². The van der Waals surface area contributed by atoms with Crippen LogP contribution in [0.1, 0.15) is 5.56 Å². The Morgan fingerprint density at radius 2 is 1.93 bits per heavy atom. The van der Waals surface area contributed by atoms with Gasteiger partial charge in [0, 0.05) is 24.5 Å². The molecule has 1 saturated heterocycles. The Bertz CT molecular complexity index is 898. The van der Waals surface area contributed by atoms with Gasteiger partial charge in [-0.25, -0.2) is 0 Å². The van der Waals surface area contributed by atoms with Crippen LogP contribution in [0.3, 0.4) is 0 Å². The highest BCUT2D eigenvalue weighted by Gasteiger charge is 2.13. The van der Waals surface area contributed by atoms with Gasteiger partial charge in [-0.15, -0.1) is 0 Å². The molecule has 0 atom stereocenters. The molecule has 2 aromatic carbocycles. The summed E-state index contributed by atoms with van der Waals surface area (Å²) in [5, 5.41) is 21.6. The van der Waals surface area contributed by atoms with Gasteiger partial charge in [-0.1, -0.05) is 17.7 Å². The molecule has 0 radical (unpaired) electrons. The van der Waals surface area contributed by atoms with E-state index in [1.54, 1.807) is 18.2 Å². The molecular formula is C20H18ClN3O3. The summed E-state index contributed by atoms with van der Waals surface area (Å²) in [6.45, 7) is 3.08. The number of phenolic OH excluding ortho intramolecular Hbond substituents is 1. The third kappa shape index (κ3) is 4.79. The average molecular weight is 384 g/mol. The number of nitrogens with one attached hydrogen (secondary N) is 1. The SMILES string of the molecule is N#C/C(=C/c1ccc(O)c(Cl)c1)C(=O)Nc1ccc(N2CCOCC2)cc1. The van der Waals surface area contributed by atoms with Crippen LogP contribution in [0, 0.1) is 11.3 Å². The molecule has 6 nitrogen and oxygen atoms in total. The number of benzene rings is 2. The third-order valence-corrected chi connectivity index (χ3v) is 4.45. The second-order valence-electron chi connectivity index (χ2n) is 5.98. The van der Waals surface area contributed by atoms with Gasteiger partial charge in [-0.2, -0.15) is 5.26 Å². The number of carbonyl (C=O) groups excluding carboxylic acids is 1. The number of carbonyl (C=O) groups is 1. The molecule has 2 N–H and O–H groups in total. The number of nitrogens with zero attached hydrogens (tertiary/aromatic N) is 2. The minimum absolute atomic E-state index is 0.0582. The molecule has 0 bridgehead atoms. The summed E-state index contributed by atoms with van der Waals surface area (Å²) in [5.74, 6) is -0.571. The summed E-state index contributed by atoms with van der Waals surface area (Å²) in [4.78, 5) is 14.6. The fourth-order valence-electron chi connectivity index (χ4n) is 2.70. The van der Waals surface area contributed by atoms with Crippen LogP contribution in [0.4, 0.5) is 11.4 Å². The highest BCUT2D eigenvalue weighted by molar-refractivity contribution is 6.32. The van der Waals surface area contributed by atoms with Crippen LogP contribution in [0.15, 0.2) is 48.0 Å². The van der Waals surface area contributed by atoms with Crippen LogP contribution in [-0.2, 0) is 9.53 Å². The molecule has 0 aliphatic carbocycles. The number of hydrogen-bond acceptors (Lipinski definition) is 5. The first-order chi connectivity index (χ1) is 13.1. The smallest absolute Gasteiger partial charge is 0.266 e. The van der Waals surface area contributed by atoms with E-state index in [1.807, 2.05) is 18.2 Å². The maximum absolute atomic E-state index is 12.4. The quantitative estimate of drug-likeness (QED) is 0.624. The normalized spacial score (nSPS) is 14.5. The van der Waals surface area contributed by atoms with Crippen molar-refractivity contribution in [2.75, 3.05) is 36.5 Å². The van der Waals surface area contributed by atoms with E-state index in [2.05, 4.69) is 10.2 Å². The summed E-state index contributed by atoms with van der Waals surface area (Å²) < 4.78 is 5.34. The molecule has 27 heavy (non-hydrogen) atoms. The minimum atomic E-state index is -0.513. The zero-order valence-corrected chi connectivity index (χ0v) is 15.2. The molecule has 0 spiro atoms. The Morgan fingerprint density at radius 3 is 2.56 bits per heavy atom. The molecular weight excluding hydrogens is 366 g/mol. The van der Waals surface area contributed by atoms with E-state index in [0.29, 0.717) is 24.5 Å². The van der Waals surface area contributed by atoms with Gasteiger partial charge in [0.2, 0.25) is 0 Å². The number of ether oxygens (including phenoxy) is 1. The van der Waals surface area contributed by atoms with Crippen LogP contribution in [0.5, 0.6) is 5.75 Å². The lowest BCUT2D eigenvalue weighted by molar-refractivity contribution is -0.112. The largest absolute Gasteiger partial charge is 0.506 e. The summed E-state index contributed by atoms with van der Waals surface area (Å²) in [7, 11) is 0. The Balaban J connectivity index is 1.70. The Labute approximate surface area is 162 Å². The number of morpholine rings is 1. The number of amides is 1. The zero-order chi connectivity index (χ0) is 19.2. The highest BCUT2D eigenvalue weighted by atomic mass is 35.5. The number of anilines is 2. The van der Waals surface area contributed by atoms with E-state index in [0.717, 1.165) is 18.8 Å². The van der Waals surface area contributed by atoms with Gasteiger partial charge in [-0.05, 0) is 48.0 Å². The lowest BCUT2D eigenvalue weighted by Gasteiger charge is -2.28. The van der Waals surface area contributed by atoms with Crippen LogP contribution in [-0.4, -0.2) is 37.3 Å². The van der Waals surface area contributed by atoms with E-state index >= 15 is 0 Å². The third-order valence-electron chi connectivity index (χ3n) is 4.15. The molecule has 1 heterocycles. The highest BCUT2D eigenvalue weighted by Crippen LogP contribution is 2.25. The number of aromatic hydroxyl groups is 1. The zero-order valence-electron chi connectivity index (χ0n) is 14.5. The van der Waals surface area contributed by atoms with Crippen molar-refractivity contribution in [3.63, 3.8) is 0 Å². The molecule has 1 fully saturated rings. The lowest BCUT2D eigenvalue weighted by Crippen LogP contribution is -2.36. The standard InChI is InChI=1S/C20H18ClN3O3/c21-18-12-14(1-6-19(18)25)11-15(13-22)20(26)23-16-2-4-17(5-3-16)24-7-9-27-10-8-24/h1-6,11-12,25H,7-10H2,(H,23,26)/b15-11-. The molecule has 138 valence electrons. The Hall–Kier alpha value is -3.01. The number of rotatable bonds is 4. The summed E-state index contributed by atoms with van der Waals surface area (Å²) in [5.41, 5.74) is 2.15. The van der Waals surface area contributed by atoms with Crippen molar-refractivity contribution in [1.82, 2.24) is 0 Å². The molecule has 1 amide bonds. The molecule has 2 aromatic rings. The molecule has 1 aliphatic rings. The monoisotopic (exact) mass is 383 g/mol. The van der Waals surface area contributed by atoms with Gasteiger partial charge < -0.3 is 20.1 Å². The van der Waals surface area contributed by atoms with E-state index in [-0.39, 0.29) is 16.3 Å². The first kappa shape index (κ1) is 18.8. The van der Waals surface area contributed by atoms with Crippen molar-refractivity contribution < 1.29 is 14.6 Å². The van der Waals surface area contributed by atoms with Gasteiger partial charge in [0.05, 0.1) is 18.2 Å². The predicted molar refractivity (Wildman–Crippen MR) is 105 cm³/mol. The van der Waals surface area contributed by atoms with Gasteiger partial charge in [0.15, 0.2) is 0 Å². The van der Waals surface area contributed by atoms with Crippen molar-refractivity contribution in [1.29, 1.82) is 5.26 Å². The van der Waals surface area contributed by atoms with Crippen LogP contribution in [0.2, 0.25) is 5.02 Å². The topological polar surface area (TPSA) is 85.6 Å². The van der Waals surface area contributed by atoms with Crippen molar-refractivity contribution >= 4 is 35.0 Å². The molecule has 0 saturated carbocycles. The first-order valence-electron chi connectivity index (χ1n) is 8.41. The fraction of sp³-hybridized carbons (Fsp3) is 0.200. The summed E-state index contributed by atoms with van der Waals surface area (Å²) in [6, 6.07) is 13.8. The summed E-state index contributed by atoms with van der Waals surface area (Å²) >= 11 is 5.85. The number of nitriles is 1. The molecule has 1 aliphatic heterocycles. The van der Waals surface area contributed by atoms with Crippen LogP contribution in [0.25, 0.3) is 6.08 Å². The Morgan fingerprint density at radius 1 is 1.22 bits per heavy atom. The van der Waals surface area contributed by atoms with Crippen LogP contribution < -0.4 is 10.2 Å². The summed E-state index contributed by atoms with van der Waals surface area (Å²) in [6.07, 6.45) is 1.42. The fourth-order valence-corrected chi connectivity index (χ4v) is 2.89. The maximum atomic E-state index is 12.4. The van der Waals surface area contributed by atoms with Gasteiger partial charge in [0.25, 0.3) is 5.91 Å². The van der Waals surface area contributed by atoms with E-state index in [1.165, 1.54) is 18.2 Å². The lowest BCUT2D eigenvalue weighted by atomic mass is 10.1.